The molecule has 1 N–H and O–H groups in total. The average Bonchev–Trinajstić information content (AvgIpc) is 2.69. The van der Waals surface area contributed by atoms with Crippen LogP contribution < -0.4 is 5.48 Å². The van der Waals surface area contributed by atoms with Gasteiger partial charge >= 0.3 is 0 Å². The van der Waals surface area contributed by atoms with Crippen LogP contribution in [0.1, 0.15) is 69.6 Å². The van der Waals surface area contributed by atoms with Crippen LogP contribution in [0.15, 0.2) is 66.7 Å². The molecule has 2 unspecified atom stereocenters. The van der Waals surface area contributed by atoms with E-state index in [0.29, 0.717) is 6.04 Å². The lowest BCUT2D eigenvalue weighted by atomic mass is 10.1. The highest BCUT2D eigenvalue weighted by Crippen LogP contribution is 2.22. The van der Waals surface area contributed by atoms with Crippen molar-refractivity contribution in [1.29, 1.82) is 0 Å². The van der Waals surface area contributed by atoms with E-state index in [1.54, 1.807) is 0 Å². The van der Waals surface area contributed by atoms with Crippen LogP contribution in [0, 0.1) is 0 Å². The summed E-state index contributed by atoms with van der Waals surface area (Å²) in [5.41, 5.74) is 5.88. The van der Waals surface area contributed by atoms with Crippen LogP contribution in [-0.2, 0) is 4.84 Å². The molecule has 2 aromatic carbocycles. The number of rotatable bonds is 12. The molecule has 2 atom stereocenters. The van der Waals surface area contributed by atoms with E-state index in [-0.39, 0.29) is 6.10 Å². The van der Waals surface area contributed by atoms with Gasteiger partial charge in [0.2, 0.25) is 0 Å². The van der Waals surface area contributed by atoms with Gasteiger partial charge in [0.05, 0.1) is 0 Å². The predicted molar refractivity (Wildman–Crippen MR) is 112 cm³/mol. The molecular weight excluding hydrogens is 318 g/mol. The van der Waals surface area contributed by atoms with Gasteiger partial charge in [0.15, 0.2) is 0 Å². The summed E-state index contributed by atoms with van der Waals surface area (Å²) in [5.74, 6) is 0. The monoisotopic (exact) mass is 351 g/mol. The molecule has 2 aromatic rings. The van der Waals surface area contributed by atoms with E-state index in [9.17, 15) is 0 Å². The molecule has 0 aliphatic rings. The van der Waals surface area contributed by atoms with Crippen LogP contribution in [0.5, 0.6) is 0 Å². The van der Waals surface area contributed by atoms with Gasteiger partial charge in [-0.25, -0.2) is 0 Å². The maximum Gasteiger partial charge on any atom is 0.104 e. The molecule has 0 radical (unpaired) electrons. The highest BCUT2D eigenvalue weighted by Gasteiger charge is 2.14. The minimum atomic E-state index is 0.125. The SMILES string of the molecule is CCCC(CC/C=C/c1ccccc1)NOC(CCC)c1ccccc1. The number of hydroxylamine groups is 1. The summed E-state index contributed by atoms with van der Waals surface area (Å²) >= 11 is 0. The van der Waals surface area contributed by atoms with Gasteiger partial charge in [-0.1, -0.05) is 99.5 Å². The van der Waals surface area contributed by atoms with Crippen molar-refractivity contribution < 1.29 is 4.84 Å². The van der Waals surface area contributed by atoms with Crippen molar-refractivity contribution in [1.82, 2.24) is 5.48 Å². The quantitative estimate of drug-likeness (QED) is 0.429. The Kier molecular flexibility index (Phi) is 9.78. The smallest absolute Gasteiger partial charge is 0.104 e. The fourth-order valence-corrected chi connectivity index (χ4v) is 3.09. The normalized spacial score (nSPS) is 13.8. The topological polar surface area (TPSA) is 21.3 Å². The molecule has 0 aliphatic carbocycles. The van der Waals surface area contributed by atoms with Crippen molar-refractivity contribution >= 4 is 6.08 Å². The Hall–Kier alpha value is -1.90. The Balaban J connectivity index is 1.83. The van der Waals surface area contributed by atoms with E-state index >= 15 is 0 Å². The maximum absolute atomic E-state index is 6.12. The number of benzene rings is 2. The van der Waals surface area contributed by atoms with Crippen LogP contribution in [0.3, 0.4) is 0 Å². The molecule has 0 saturated heterocycles. The van der Waals surface area contributed by atoms with E-state index in [2.05, 4.69) is 92.1 Å². The summed E-state index contributed by atoms with van der Waals surface area (Å²) in [5, 5.41) is 0. The number of hydrogen-bond acceptors (Lipinski definition) is 2. The molecule has 0 aromatic heterocycles. The van der Waals surface area contributed by atoms with E-state index in [0.717, 1.165) is 38.5 Å². The maximum atomic E-state index is 6.12. The first kappa shape index (κ1) is 20.4. The molecule has 0 aliphatic heterocycles. The van der Waals surface area contributed by atoms with Crippen LogP contribution in [-0.4, -0.2) is 6.04 Å². The average molecular weight is 352 g/mol. The summed E-state index contributed by atoms with van der Waals surface area (Å²) in [7, 11) is 0. The van der Waals surface area contributed by atoms with Crippen molar-refractivity contribution in [3.63, 3.8) is 0 Å². The standard InChI is InChI=1S/C24H33NO/c1-3-13-23(20-12-11-17-21-15-7-5-8-16-21)25-26-24(14-4-2)22-18-9-6-10-19-22/h5-11,15-19,23-25H,3-4,12-14,20H2,1-2H3/b17-11+. The van der Waals surface area contributed by atoms with Gasteiger partial charge in [-0.15, -0.1) is 0 Å². The van der Waals surface area contributed by atoms with Crippen LogP contribution in [0.4, 0.5) is 0 Å². The molecule has 26 heavy (non-hydrogen) atoms. The molecule has 0 heterocycles. The number of nitrogens with one attached hydrogen (secondary N) is 1. The third kappa shape index (κ3) is 7.55. The molecule has 2 rings (SSSR count). The highest BCUT2D eigenvalue weighted by molar-refractivity contribution is 5.48. The Morgan fingerprint density at radius 3 is 2.15 bits per heavy atom. The second-order valence-corrected chi connectivity index (χ2v) is 6.80. The van der Waals surface area contributed by atoms with E-state index < -0.39 is 0 Å². The van der Waals surface area contributed by atoms with Crippen LogP contribution >= 0.6 is 0 Å². The molecule has 0 fully saturated rings. The summed E-state index contributed by atoms with van der Waals surface area (Å²) in [6.45, 7) is 4.44. The lowest BCUT2D eigenvalue weighted by molar-refractivity contribution is -0.0525. The van der Waals surface area contributed by atoms with Crippen LogP contribution in [0.25, 0.3) is 6.08 Å². The molecule has 2 heteroatoms. The largest absolute Gasteiger partial charge is 0.293 e. The van der Waals surface area contributed by atoms with Gasteiger partial charge in [-0.05, 0) is 36.8 Å². The van der Waals surface area contributed by atoms with Gasteiger partial charge in [0, 0.05) is 6.04 Å². The summed E-state index contributed by atoms with van der Waals surface area (Å²) in [6, 6.07) is 21.4. The van der Waals surface area contributed by atoms with Crippen molar-refractivity contribution in [2.45, 2.75) is 64.5 Å². The van der Waals surface area contributed by atoms with E-state index in [1.165, 1.54) is 11.1 Å². The third-order valence-corrected chi connectivity index (χ3v) is 4.53. The molecule has 0 bridgehead atoms. The fraction of sp³-hybridized carbons (Fsp3) is 0.417. The van der Waals surface area contributed by atoms with Crippen molar-refractivity contribution in [2.75, 3.05) is 0 Å². The fourth-order valence-electron chi connectivity index (χ4n) is 3.09. The predicted octanol–water partition coefficient (Wildman–Crippen LogP) is 6.71. The second-order valence-electron chi connectivity index (χ2n) is 6.80. The van der Waals surface area contributed by atoms with Gasteiger partial charge in [-0.2, -0.15) is 5.48 Å². The van der Waals surface area contributed by atoms with Gasteiger partial charge < -0.3 is 0 Å². The zero-order chi connectivity index (χ0) is 18.5. The van der Waals surface area contributed by atoms with E-state index in [4.69, 9.17) is 4.84 Å². The molecule has 0 spiro atoms. The lowest BCUT2D eigenvalue weighted by Gasteiger charge is -2.23. The van der Waals surface area contributed by atoms with Crippen LogP contribution in [0.2, 0.25) is 0 Å². The third-order valence-electron chi connectivity index (χ3n) is 4.53. The summed E-state index contributed by atoms with van der Waals surface area (Å²) in [6.07, 6.45) is 11.2. The Morgan fingerprint density at radius 1 is 0.846 bits per heavy atom. The molecule has 140 valence electrons. The zero-order valence-corrected chi connectivity index (χ0v) is 16.2. The van der Waals surface area contributed by atoms with E-state index in [1.807, 2.05) is 0 Å². The summed E-state index contributed by atoms with van der Waals surface area (Å²) < 4.78 is 0. The Morgan fingerprint density at radius 2 is 1.50 bits per heavy atom. The highest BCUT2D eigenvalue weighted by atomic mass is 16.7. The van der Waals surface area contributed by atoms with Crippen molar-refractivity contribution in [3.05, 3.63) is 77.9 Å². The summed E-state index contributed by atoms with van der Waals surface area (Å²) in [4.78, 5) is 6.12. The lowest BCUT2D eigenvalue weighted by Crippen LogP contribution is -2.30. The van der Waals surface area contributed by atoms with Crippen molar-refractivity contribution in [2.24, 2.45) is 0 Å². The second kappa shape index (κ2) is 12.5. The molecular formula is C24H33NO. The molecule has 0 saturated carbocycles. The Labute approximate surface area is 159 Å². The van der Waals surface area contributed by atoms with Gasteiger partial charge in [-0.3, -0.25) is 4.84 Å². The van der Waals surface area contributed by atoms with Gasteiger partial charge in [0.1, 0.15) is 6.10 Å². The van der Waals surface area contributed by atoms with Gasteiger partial charge in [0.25, 0.3) is 0 Å². The first-order valence-electron chi connectivity index (χ1n) is 10.0. The number of hydrogen-bond donors (Lipinski definition) is 1. The number of allylic oxidation sites excluding steroid dienone is 1. The molecule has 2 nitrogen and oxygen atoms in total. The Bertz CT molecular complexity index is 609. The minimum Gasteiger partial charge on any atom is -0.293 e. The van der Waals surface area contributed by atoms with Crippen molar-refractivity contribution in [3.8, 4) is 0 Å². The zero-order valence-electron chi connectivity index (χ0n) is 16.2. The minimum absolute atomic E-state index is 0.125. The first-order valence-corrected chi connectivity index (χ1v) is 10.0. The molecule has 0 amide bonds. The first-order chi connectivity index (χ1) is 12.8.